The molecular formula is C11H9BrClNO3. The smallest absolute Gasteiger partial charge is 0.310 e. The van der Waals surface area contributed by atoms with Gasteiger partial charge in [0.2, 0.25) is 0 Å². The van der Waals surface area contributed by atoms with Gasteiger partial charge in [0.1, 0.15) is 0 Å². The number of likely N-dealkylation sites (tertiary alicyclic amines) is 1. The second-order valence-electron chi connectivity index (χ2n) is 3.87. The van der Waals surface area contributed by atoms with Crippen LogP contribution in [-0.4, -0.2) is 35.0 Å². The molecule has 90 valence electrons. The van der Waals surface area contributed by atoms with Crippen molar-refractivity contribution in [1.82, 2.24) is 4.90 Å². The van der Waals surface area contributed by atoms with Gasteiger partial charge in [0.25, 0.3) is 5.91 Å². The first-order valence-electron chi connectivity index (χ1n) is 4.96. The van der Waals surface area contributed by atoms with E-state index in [1.807, 2.05) is 0 Å². The number of nitrogens with zero attached hydrogens (tertiary/aromatic N) is 1. The summed E-state index contributed by atoms with van der Waals surface area (Å²) in [7, 11) is 0. The number of hydrogen-bond acceptors (Lipinski definition) is 2. The molecule has 1 aromatic carbocycles. The minimum Gasteiger partial charge on any atom is -0.481 e. The van der Waals surface area contributed by atoms with Crippen LogP contribution in [0.5, 0.6) is 0 Å². The monoisotopic (exact) mass is 317 g/mol. The average molecular weight is 319 g/mol. The number of carboxylic acids is 1. The Labute approximate surface area is 111 Å². The summed E-state index contributed by atoms with van der Waals surface area (Å²) in [6.07, 6.45) is 0. The van der Waals surface area contributed by atoms with Gasteiger partial charge in [-0.25, -0.2) is 0 Å². The van der Waals surface area contributed by atoms with Gasteiger partial charge in [0, 0.05) is 17.6 Å². The van der Waals surface area contributed by atoms with E-state index in [1.165, 1.54) is 4.90 Å². The van der Waals surface area contributed by atoms with Crippen LogP contribution in [0.3, 0.4) is 0 Å². The summed E-state index contributed by atoms with van der Waals surface area (Å²) < 4.78 is 0.797. The zero-order chi connectivity index (χ0) is 12.6. The van der Waals surface area contributed by atoms with E-state index in [1.54, 1.807) is 18.2 Å². The van der Waals surface area contributed by atoms with Gasteiger partial charge in [0.05, 0.1) is 16.5 Å². The number of rotatable bonds is 2. The molecule has 1 N–H and O–H groups in total. The van der Waals surface area contributed by atoms with Crippen molar-refractivity contribution < 1.29 is 14.7 Å². The van der Waals surface area contributed by atoms with Crippen LogP contribution < -0.4 is 0 Å². The Morgan fingerprint density at radius 3 is 2.59 bits per heavy atom. The molecule has 0 aromatic heterocycles. The molecule has 0 unspecified atom stereocenters. The van der Waals surface area contributed by atoms with E-state index < -0.39 is 11.9 Å². The van der Waals surface area contributed by atoms with Gasteiger partial charge < -0.3 is 10.0 Å². The summed E-state index contributed by atoms with van der Waals surface area (Å²) in [5.41, 5.74) is 0.402. The molecule has 1 amide bonds. The molecule has 1 aliphatic rings. The van der Waals surface area contributed by atoms with Gasteiger partial charge in [-0.15, -0.1) is 0 Å². The van der Waals surface area contributed by atoms with E-state index in [0.29, 0.717) is 10.6 Å². The van der Waals surface area contributed by atoms with Crippen molar-refractivity contribution >= 4 is 39.4 Å². The summed E-state index contributed by atoms with van der Waals surface area (Å²) in [5, 5.41) is 9.09. The van der Waals surface area contributed by atoms with Crippen LogP contribution >= 0.6 is 27.5 Å². The van der Waals surface area contributed by atoms with Crippen molar-refractivity contribution in [2.45, 2.75) is 0 Å². The van der Waals surface area contributed by atoms with Gasteiger partial charge >= 0.3 is 5.97 Å². The molecule has 1 fully saturated rings. The van der Waals surface area contributed by atoms with Crippen LogP contribution in [0.15, 0.2) is 22.7 Å². The second-order valence-corrected chi connectivity index (χ2v) is 5.19. The number of amides is 1. The third-order valence-corrected chi connectivity index (χ3v) is 3.49. The Hall–Kier alpha value is -1.07. The highest BCUT2D eigenvalue weighted by Crippen LogP contribution is 2.25. The fourth-order valence-electron chi connectivity index (χ4n) is 1.63. The Kier molecular flexibility index (Phi) is 3.40. The highest BCUT2D eigenvalue weighted by atomic mass is 79.9. The first kappa shape index (κ1) is 12.4. The van der Waals surface area contributed by atoms with E-state index >= 15 is 0 Å². The summed E-state index contributed by atoms with van der Waals surface area (Å²) >= 11 is 9.21. The number of hydrogen-bond donors (Lipinski definition) is 1. The number of carboxylic acid groups (broad SMARTS) is 1. The molecule has 1 saturated heterocycles. The molecule has 0 bridgehead atoms. The molecule has 6 heteroatoms. The van der Waals surface area contributed by atoms with Gasteiger partial charge in [0.15, 0.2) is 0 Å². The summed E-state index contributed by atoms with van der Waals surface area (Å²) in [6, 6.07) is 5.00. The number of halogens is 2. The van der Waals surface area contributed by atoms with Gasteiger partial charge in [-0.3, -0.25) is 9.59 Å². The summed E-state index contributed by atoms with van der Waals surface area (Å²) in [5.74, 6) is -1.54. The van der Waals surface area contributed by atoms with E-state index in [9.17, 15) is 9.59 Å². The summed E-state index contributed by atoms with van der Waals surface area (Å²) in [4.78, 5) is 24.1. The third kappa shape index (κ3) is 2.45. The highest BCUT2D eigenvalue weighted by Gasteiger charge is 2.36. The van der Waals surface area contributed by atoms with Gasteiger partial charge in [-0.2, -0.15) is 0 Å². The van der Waals surface area contributed by atoms with E-state index in [-0.39, 0.29) is 19.0 Å². The lowest BCUT2D eigenvalue weighted by atomic mass is 9.99. The van der Waals surface area contributed by atoms with Gasteiger partial charge in [-0.1, -0.05) is 27.5 Å². The molecule has 0 spiro atoms. The number of benzene rings is 1. The van der Waals surface area contributed by atoms with Crippen LogP contribution in [-0.2, 0) is 4.79 Å². The maximum absolute atomic E-state index is 12.0. The molecule has 4 nitrogen and oxygen atoms in total. The molecule has 0 radical (unpaired) electrons. The maximum atomic E-state index is 12.0. The van der Waals surface area contributed by atoms with Crippen LogP contribution in [0.25, 0.3) is 0 Å². The third-order valence-electron chi connectivity index (χ3n) is 2.68. The normalized spacial score (nSPS) is 15.5. The van der Waals surface area contributed by atoms with Crippen LogP contribution in [0, 0.1) is 5.92 Å². The van der Waals surface area contributed by atoms with Crippen molar-refractivity contribution in [3.63, 3.8) is 0 Å². The Morgan fingerprint density at radius 1 is 1.41 bits per heavy atom. The van der Waals surface area contributed by atoms with E-state index in [4.69, 9.17) is 16.7 Å². The lowest BCUT2D eigenvalue weighted by molar-refractivity contribution is -0.146. The minimum absolute atomic E-state index is 0.222. The Morgan fingerprint density at radius 2 is 2.06 bits per heavy atom. The quantitative estimate of drug-likeness (QED) is 0.910. The lowest BCUT2D eigenvalue weighted by Crippen LogP contribution is -2.53. The largest absolute Gasteiger partial charge is 0.481 e. The number of aliphatic carboxylic acids is 1. The van der Waals surface area contributed by atoms with Crippen LogP contribution in [0.1, 0.15) is 10.4 Å². The molecular weight excluding hydrogens is 309 g/mol. The molecule has 0 saturated carbocycles. The standard InChI is InChI=1S/C11H9BrClNO3/c12-7-1-2-8(9(13)3-7)10(15)14-4-6(5-14)11(16)17/h1-3,6H,4-5H2,(H,16,17). The van der Waals surface area contributed by atoms with Crippen molar-refractivity contribution in [2.24, 2.45) is 5.92 Å². The number of carbonyl (C=O) groups is 2. The zero-order valence-corrected chi connectivity index (χ0v) is 11.0. The highest BCUT2D eigenvalue weighted by molar-refractivity contribution is 9.10. The van der Waals surface area contributed by atoms with Crippen LogP contribution in [0.4, 0.5) is 0 Å². The van der Waals surface area contributed by atoms with E-state index in [2.05, 4.69) is 15.9 Å². The fraction of sp³-hybridized carbons (Fsp3) is 0.273. The average Bonchev–Trinajstić information content (AvgIpc) is 2.13. The number of carbonyl (C=O) groups excluding carboxylic acids is 1. The molecule has 17 heavy (non-hydrogen) atoms. The zero-order valence-electron chi connectivity index (χ0n) is 8.69. The molecule has 0 aliphatic carbocycles. The van der Waals surface area contributed by atoms with Crippen LogP contribution in [0.2, 0.25) is 5.02 Å². The van der Waals surface area contributed by atoms with Gasteiger partial charge in [-0.05, 0) is 18.2 Å². The first-order chi connectivity index (χ1) is 7.99. The predicted octanol–water partition coefficient (Wildman–Crippen LogP) is 2.26. The van der Waals surface area contributed by atoms with Crippen molar-refractivity contribution in [2.75, 3.05) is 13.1 Å². The van der Waals surface area contributed by atoms with E-state index in [0.717, 1.165) is 4.47 Å². The first-order valence-corrected chi connectivity index (χ1v) is 6.13. The predicted molar refractivity (Wildman–Crippen MR) is 66.2 cm³/mol. The topological polar surface area (TPSA) is 57.6 Å². The molecule has 2 rings (SSSR count). The van der Waals surface area contributed by atoms with Crippen molar-refractivity contribution in [3.8, 4) is 0 Å². The molecule has 1 aliphatic heterocycles. The second kappa shape index (κ2) is 4.66. The van der Waals surface area contributed by atoms with Crippen molar-refractivity contribution in [1.29, 1.82) is 0 Å². The van der Waals surface area contributed by atoms with Crippen molar-refractivity contribution in [3.05, 3.63) is 33.3 Å². The Bertz CT molecular complexity index is 486. The SMILES string of the molecule is O=C(O)C1CN(C(=O)c2ccc(Br)cc2Cl)C1. The molecule has 1 heterocycles. The minimum atomic E-state index is -0.865. The Balaban J connectivity index is 2.09. The maximum Gasteiger partial charge on any atom is 0.310 e. The lowest BCUT2D eigenvalue weighted by Gasteiger charge is -2.36. The fourth-order valence-corrected chi connectivity index (χ4v) is 2.39. The molecule has 1 aromatic rings. The summed E-state index contributed by atoms with van der Waals surface area (Å²) in [6.45, 7) is 0.501. The molecule has 0 atom stereocenters.